The molecule has 0 aromatic heterocycles. The lowest BCUT2D eigenvalue weighted by atomic mass is 9.88. The van der Waals surface area contributed by atoms with Gasteiger partial charge in [0.1, 0.15) is 18.0 Å². The highest BCUT2D eigenvalue weighted by atomic mass is 19.1. The number of carbonyl (C=O) groups is 2. The molecule has 0 saturated heterocycles. The Morgan fingerprint density at radius 3 is 2.53 bits per heavy atom. The third-order valence-electron chi connectivity index (χ3n) is 5.66. The van der Waals surface area contributed by atoms with Gasteiger partial charge >= 0.3 is 5.97 Å². The molecule has 3 atom stereocenters. The molecule has 32 heavy (non-hydrogen) atoms. The summed E-state index contributed by atoms with van der Waals surface area (Å²) in [6.07, 6.45) is -0.328. The number of amides is 1. The molecule has 2 aromatic rings. The Hall–Kier alpha value is -3.13. The van der Waals surface area contributed by atoms with E-state index in [-0.39, 0.29) is 30.2 Å². The molecule has 2 N–H and O–H groups in total. The maximum Gasteiger partial charge on any atom is 0.303 e. The summed E-state index contributed by atoms with van der Waals surface area (Å²) in [6, 6.07) is 11.0. The Bertz CT molecular complexity index is 948. The Balaban J connectivity index is 1.73. The molecule has 2 aromatic carbocycles. The van der Waals surface area contributed by atoms with Crippen molar-refractivity contribution in [3.05, 3.63) is 53.8 Å². The van der Waals surface area contributed by atoms with Gasteiger partial charge in [0.2, 0.25) is 11.7 Å². The zero-order chi connectivity index (χ0) is 23.3. The van der Waals surface area contributed by atoms with Gasteiger partial charge in [-0.3, -0.25) is 9.59 Å². The number of hydrogen-bond acceptors (Lipinski definition) is 5. The van der Waals surface area contributed by atoms with E-state index in [0.29, 0.717) is 25.0 Å². The van der Waals surface area contributed by atoms with Gasteiger partial charge in [-0.15, -0.1) is 0 Å². The summed E-state index contributed by atoms with van der Waals surface area (Å²) in [4.78, 5) is 24.5. The average molecular weight is 445 g/mol. The van der Waals surface area contributed by atoms with Crippen LogP contribution < -0.4 is 9.47 Å². The molecule has 0 heterocycles. The van der Waals surface area contributed by atoms with Crippen LogP contribution in [0.25, 0.3) is 0 Å². The molecule has 0 bridgehead atoms. The lowest BCUT2D eigenvalue weighted by Gasteiger charge is -2.39. The number of ether oxygens (including phenoxy) is 2. The lowest BCUT2D eigenvalue weighted by Crippen LogP contribution is -2.53. The predicted octanol–water partition coefficient (Wildman–Crippen LogP) is 3.91. The maximum absolute atomic E-state index is 14.6. The first-order chi connectivity index (χ1) is 15.3. The third-order valence-corrected chi connectivity index (χ3v) is 5.66. The van der Waals surface area contributed by atoms with E-state index in [9.17, 15) is 19.1 Å². The monoisotopic (exact) mass is 445 g/mol. The largest absolute Gasteiger partial charge is 0.484 e. The van der Waals surface area contributed by atoms with Crippen molar-refractivity contribution in [3.63, 3.8) is 0 Å². The average Bonchev–Trinajstić information content (AvgIpc) is 2.76. The number of aliphatic hydroxyl groups is 1. The van der Waals surface area contributed by atoms with Crippen molar-refractivity contribution >= 4 is 11.9 Å². The van der Waals surface area contributed by atoms with Gasteiger partial charge in [-0.2, -0.15) is 0 Å². The molecule has 3 rings (SSSR count). The minimum atomic E-state index is -1.05. The van der Waals surface area contributed by atoms with Crippen LogP contribution in [0.4, 0.5) is 4.39 Å². The fourth-order valence-corrected chi connectivity index (χ4v) is 3.81. The molecule has 0 unspecified atom stereocenters. The van der Waals surface area contributed by atoms with E-state index >= 15 is 0 Å². The fourth-order valence-electron chi connectivity index (χ4n) is 3.81. The van der Waals surface area contributed by atoms with Crippen molar-refractivity contribution in [2.45, 2.75) is 57.3 Å². The summed E-state index contributed by atoms with van der Waals surface area (Å²) in [5.41, 5.74) is 1.04. The first-order valence-corrected chi connectivity index (χ1v) is 10.6. The minimum absolute atomic E-state index is 0.0726. The second-order valence-electron chi connectivity index (χ2n) is 8.03. The number of nitrogens with zero attached hydrogens (tertiary/aromatic N) is 1. The molecule has 1 aliphatic carbocycles. The highest BCUT2D eigenvalue weighted by molar-refractivity contribution is 5.80. The smallest absolute Gasteiger partial charge is 0.303 e. The Morgan fingerprint density at radius 1 is 1.12 bits per heavy atom. The first-order valence-electron chi connectivity index (χ1n) is 10.6. The summed E-state index contributed by atoms with van der Waals surface area (Å²) in [5.74, 6) is -1.45. The summed E-state index contributed by atoms with van der Waals surface area (Å²) in [7, 11) is 1.55. The Labute approximate surface area is 186 Å². The number of aliphatic carboxylic acids is 1. The van der Waals surface area contributed by atoms with Crippen molar-refractivity contribution in [2.24, 2.45) is 0 Å². The van der Waals surface area contributed by atoms with Crippen LogP contribution in [-0.2, 0) is 9.59 Å². The van der Waals surface area contributed by atoms with E-state index in [1.807, 2.05) is 19.1 Å². The van der Waals surface area contributed by atoms with Gasteiger partial charge in [-0.05, 0) is 50.5 Å². The van der Waals surface area contributed by atoms with Crippen LogP contribution in [0.2, 0.25) is 0 Å². The van der Waals surface area contributed by atoms with Crippen LogP contribution in [0, 0.1) is 12.7 Å². The second-order valence-corrected chi connectivity index (χ2v) is 8.03. The number of carboxylic acid groups (broad SMARTS) is 1. The van der Waals surface area contributed by atoms with Crippen molar-refractivity contribution in [1.29, 1.82) is 0 Å². The van der Waals surface area contributed by atoms with Crippen LogP contribution in [0.1, 0.15) is 37.7 Å². The zero-order valence-corrected chi connectivity index (χ0v) is 18.2. The summed E-state index contributed by atoms with van der Waals surface area (Å²) in [5, 5.41) is 19.7. The van der Waals surface area contributed by atoms with E-state index in [2.05, 4.69) is 0 Å². The van der Waals surface area contributed by atoms with E-state index in [1.54, 1.807) is 25.2 Å². The molecule has 0 spiro atoms. The van der Waals surface area contributed by atoms with Gasteiger partial charge in [-0.25, -0.2) is 4.39 Å². The summed E-state index contributed by atoms with van der Waals surface area (Å²) < 4.78 is 26.3. The van der Waals surface area contributed by atoms with Gasteiger partial charge in [0, 0.05) is 13.5 Å². The highest BCUT2D eigenvalue weighted by Gasteiger charge is 2.37. The van der Waals surface area contributed by atoms with Crippen LogP contribution in [0.3, 0.4) is 0 Å². The molecule has 0 radical (unpaired) electrons. The molecule has 1 saturated carbocycles. The number of aliphatic hydroxyl groups excluding tert-OH is 1. The topological polar surface area (TPSA) is 96.3 Å². The van der Waals surface area contributed by atoms with Crippen molar-refractivity contribution < 1.29 is 33.7 Å². The van der Waals surface area contributed by atoms with Gasteiger partial charge in [0.15, 0.2) is 11.6 Å². The van der Waals surface area contributed by atoms with E-state index in [1.165, 1.54) is 17.0 Å². The molecule has 1 fully saturated rings. The number of halogens is 1. The predicted molar refractivity (Wildman–Crippen MR) is 115 cm³/mol. The number of likely N-dealkylation sites (N-methyl/N-ethyl adjacent to an activating group) is 1. The van der Waals surface area contributed by atoms with Crippen molar-refractivity contribution in [1.82, 2.24) is 4.90 Å². The van der Waals surface area contributed by atoms with E-state index in [4.69, 9.17) is 14.6 Å². The van der Waals surface area contributed by atoms with Gasteiger partial charge in [0.25, 0.3) is 0 Å². The number of carbonyl (C=O) groups excluding carboxylic acids is 1. The molecule has 7 nitrogen and oxygen atoms in total. The first kappa shape index (κ1) is 23.5. The van der Waals surface area contributed by atoms with Crippen LogP contribution in [-0.4, -0.2) is 52.3 Å². The van der Waals surface area contributed by atoms with Crippen molar-refractivity contribution in [3.8, 4) is 17.2 Å². The minimum Gasteiger partial charge on any atom is -0.484 e. The molecule has 172 valence electrons. The zero-order valence-electron chi connectivity index (χ0n) is 18.2. The van der Waals surface area contributed by atoms with E-state index in [0.717, 1.165) is 5.56 Å². The number of hydrogen-bond donors (Lipinski definition) is 2. The number of aryl methyl sites for hydroxylation is 1. The molecular weight excluding hydrogens is 417 g/mol. The van der Waals surface area contributed by atoms with Crippen LogP contribution in [0.15, 0.2) is 42.5 Å². The summed E-state index contributed by atoms with van der Waals surface area (Å²) >= 11 is 0. The van der Waals surface area contributed by atoms with Gasteiger partial charge in [-0.1, -0.05) is 23.8 Å². The maximum atomic E-state index is 14.6. The fraction of sp³-hybridized carbons (Fsp3) is 0.417. The Kier molecular flexibility index (Phi) is 7.69. The van der Waals surface area contributed by atoms with E-state index < -0.39 is 30.0 Å². The Morgan fingerprint density at radius 2 is 1.84 bits per heavy atom. The molecule has 1 amide bonds. The van der Waals surface area contributed by atoms with Crippen LogP contribution in [0.5, 0.6) is 17.2 Å². The lowest BCUT2D eigenvalue weighted by molar-refractivity contribution is -0.143. The number of para-hydroxylation sites is 1. The standard InChI is InChI=1S/C24H28FNO6/c1-15-9-11-16(12-10-15)31-24-17(25)5-3-8-20(24)32-19-7-4-6-18(23(19)30)26(2)21(27)13-14-22(28)29/h3,5,8-12,18-19,23,30H,4,6-7,13-14H2,1-2H3,(H,28,29)/t18-,19-,23-/m1/s1. The molecule has 0 aliphatic heterocycles. The van der Waals surface area contributed by atoms with Crippen LogP contribution >= 0.6 is 0 Å². The quantitative estimate of drug-likeness (QED) is 0.640. The normalized spacial score (nSPS) is 20.4. The number of carboxylic acids is 1. The molecular formula is C24H28FNO6. The molecule has 8 heteroatoms. The number of rotatable bonds is 8. The van der Waals surface area contributed by atoms with Gasteiger partial charge < -0.3 is 24.6 Å². The third kappa shape index (κ3) is 5.76. The second kappa shape index (κ2) is 10.5. The highest BCUT2D eigenvalue weighted by Crippen LogP contribution is 2.37. The summed E-state index contributed by atoms with van der Waals surface area (Å²) in [6.45, 7) is 1.94. The number of benzene rings is 2. The van der Waals surface area contributed by atoms with Crippen molar-refractivity contribution in [2.75, 3.05) is 7.05 Å². The van der Waals surface area contributed by atoms with Gasteiger partial charge in [0.05, 0.1) is 12.5 Å². The molecule has 1 aliphatic rings. The SMILES string of the molecule is Cc1ccc(Oc2c(F)cccc2O[C@@H]2CCC[C@@H](N(C)C(=O)CCC(=O)O)[C@H]2O)cc1.